The minimum Gasteiger partial charge on any atom is -0.506 e. The van der Waals surface area contributed by atoms with E-state index >= 15 is 0 Å². The first-order valence-electron chi connectivity index (χ1n) is 5.77. The Morgan fingerprint density at radius 3 is 2.82 bits per heavy atom. The zero-order valence-corrected chi connectivity index (χ0v) is 9.50. The second-order valence-corrected chi connectivity index (χ2v) is 4.82. The van der Waals surface area contributed by atoms with Crippen molar-refractivity contribution in [3.05, 3.63) is 42.2 Å². The maximum Gasteiger partial charge on any atom is 0.141 e. The van der Waals surface area contributed by atoms with Gasteiger partial charge < -0.3 is 10.8 Å². The van der Waals surface area contributed by atoms with Crippen molar-refractivity contribution < 1.29 is 5.11 Å². The van der Waals surface area contributed by atoms with Gasteiger partial charge in [0.25, 0.3) is 0 Å². The van der Waals surface area contributed by atoms with Crippen LogP contribution in [0.25, 0.3) is 5.69 Å². The molecule has 0 unspecified atom stereocenters. The summed E-state index contributed by atoms with van der Waals surface area (Å²) >= 11 is 0. The van der Waals surface area contributed by atoms with E-state index < -0.39 is 0 Å². The zero-order chi connectivity index (χ0) is 11.9. The fourth-order valence-electron chi connectivity index (χ4n) is 1.98. The summed E-state index contributed by atoms with van der Waals surface area (Å²) in [5.74, 6) is 0.232. The third-order valence-corrected chi connectivity index (χ3v) is 3.21. The van der Waals surface area contributed by atoms with Gasteiger partial charge in [-0.3, -0.25) is 0 Å². The Hall–Kier alpha value is -1.81. The Morgan fingerprint density at radius 2 is 2.12 bits per heavy atom. The lowest BCUT2D eigenvalue weighted by Crippen LogP contribution is -2.24. The van der Waals surface area contributed by atoms with Crippen LogP contribution in [0.3, 0.4) is 0 Å². The molecule has 3 N–H and O–H groups in total. The van der Waals surface area contributed by atoms with Gasteiger partial charge in [-0.15, -0.1) is 0 Å². The number of para-hydroxylation sites is 2. The quantitative estimate of drug-likeness (QED) is 0.840. The topological polar surface area (TPSA) is 64.1 Å². The van der Waals surface area contributed by atoms with E-state index in [-0.39, 0.29) is 11.3 Å². The van der Waals surface area contributed by atoms with Crippen molar-refractivity contribution in [2.75, 3.05) is 0 Å². The van der Waals surface area contributed by atoms with Gasteiger partial charge in [0.15, 0.2) is 0 Å². The fourth-order valence-corrected chi connectivity index (χ4v) is 1.98. The van der Waals surface area contributed by atoms with E-state index in [2.05, 4.69) is 5.10 Å². The van der Waals surface area contributed by atoms with Crippen molar-refractivity contribution in [3.8, 4) is 11.4 Å². The molecule has 0 amide bonds. The van der Waals surface area contributed by atoms with E-state index in [1.54, 1.807) is 16.8 Å². The smallest absolute Gasteiger partial charge is 0.141 e. The first kappa shape index (κ1) is 10.4. The monoisotopic (exact) mass is 229 g/mol. The molecule has 1 aromatic heterocycles. The minimum absolute atomic E-state index is 0.00735. The highest BCUT2D eigenvalue weighted by molar-refractivity contribution is 5.45. The number of phenolic OH excluding ortho intramolecular Hbond substituents is 1. The molecule has 1 fully saturated rings. The molecule has 17 heavy (non-hydrogen) atoms. The van der Waals surface area contributed by atoms with Crippen LogP contribution in [0.2, 0.25) is 0 Å². The van der Waals surface area contributed by atoms with Crippen LogP contribution in [0, 0.1) is 0 Å². The number of rotatable bonds is 3. The number of benzene rings is 1. The Kier molecular flexibility index (Phi) is 2.19. The molecular formula is C13H15N3O. The van der Waals surface area contributed by atoms with Gasteiger partial charge in [-0.25, -0.2) is 4.68 Å². The van der Waals surface area contributed by atoms with Crippen molar-refractivity contribution >= 4 is 0 Å². The summed E-state index contributed by atoms with van der Waals surface area (Å²) in [6.07, 6.45) is 6.80. The van der Waals surface area contributed by atoms with Gasteiger partial charge in [-0.05, 0) is 37.0 Å². The molecule has 1 heterocycles. The van der Waals surface area contributed by atoms with Crippen LogP contribution in [0.4, 0.5) is 0 Å². The summed E-state index contributed by atoms with van der Waals surface area (Å²) in [6.45, 7) is 0. The second-order valence-electron chi connectivity index (χ2n) is 4.82. The minimum atomic E-state index is -0.00735. The Morgan fingerprint density at radius 1 is 1.35 bits per heavy atom. The van der Waals surface area contributed by atoms with E-state index in [1.165, 1.54) is 0 Å². The SMILES string of the molecule is NC1(Cc2cnn(-c3ccccc3O)c2)CC1. The molecule has 3 rings (SSSR count). The van der Waals surface area contributed by atoms with Gasteiger partial charge in [0.05, 0.1) is 6.20 Å². The van der Waals surface area contributed by atoms with Crippen molar-refractivity contribution in [2.45, 2.75) is 24.8 Å². The van der Waals surface area contributed by atoms with Gasteiger partial charge >= 0.3 is 0 Å². The van der Waals surface area contributed by atoms with Gasteiger partial charge in [0, 0.05) is 11.7 Å². The second kappa shape index (κ2) is 3.60. The van der Waals surface area contributed by atoms with Crippen LogP contribution in [-0.4, -0.2) is 20.4 Å². The van der Waals surface area contributed by atoms with Crippen LogP contribution in [0.5, 0.6) is 5.75 Å². The predicted molar refractivity (Wildman–Crippen MR) is 65.1 cm³/mol. The molecule has 88 valence electrons. The molecule has 1 aliphatic carbocycles. The van der Waals surface area contributed by atoms with Crippen LogP contribution in [0.1, 0.15) is 18.4 Å². The fraction of sp³-hybridized carbons (Fsp3) is 0.308. The lowest BCUT2D eigenvalue weighted by atomic mass is 10.1. The molecular weight excluding hydrogens is 214 g/mol. The molecule has 4 nitrogen and oxygen atoms in total. The van der Waals surface area contributed by atoms with Gasteiger partial charge in [0.2, 0.25) is 0 Å². The number of hydrogen-bond acceptors (Lipinski definition) is 3. The molecule has 1 saturated carbocycles. The number of nitrogens with zero attached hydrogens (tertiary/aromatic N) is 2. The summed E-state index contributed by atoms with van der Waals surface area (Å²) in [7, 11) is 0. The highest BCUT2D eigenvalue weighted by Gasteiger charge is 2.38. The van der Waals surface area contributed by atoms with E-state index in [9.17, 15) is 5.11 Å². The van der Waals surface area contributed by atoms with Crippen molar-refractivity contribution in [1.82, 2.24) is 9.78 Å². The molecule has 4 heteroatoms. The number of aromatic nitrogens is 2. The molecule has 2 aromatic rings. The first-order valence-corrected chi connectivity index (χ1v) is 5.77. The average Bonchev–Trinajstić information content (AvgIpc) is 2.86. The van der Waals surface area contributed by atoms with E-state index in [0.717, 1.165) is 24.8 Å². The summed E-state index contributed by atoms with van der Waals surface area (Å²) < 4.78 is 1.69. The van der Waals surface area contributed by atoms with Crippen LogP contribution >= 0.6 is 0 Å². The summed E-state index contributed by atoms with van der Waals surface area (Å²) in [6, 6.07) is 7.16. The van der Waals surface area contributed by atoms with E-state index in [4.69, 9.17) is 5.73 Å². The molecule has 1 aromatic carbocycles. The van der Waals surface area contributed by atoms with E-state index in [1.807, 2.05) is 24.5 Å². The largest absolute Gasteiger partial charge is 0.506 e. The maximum atomic E-state index is 9.73. The van der Waals surface area contributed by atoms with Crippen molar-refractivity contribution in [2.24, 2.45) is 5.73 Å². The number of phenols is 1. The van der Waals surface area contributed by atoms with Crippen LogP contribution < -0.4 is 5.73 Å². The molecule has 0 saturated heterocycles. The zero-order valence-electron chi connectivity index (χ0n) is 9.50. The highest BCUT2D eigenvalue weighted by Crippen LogP contribution is 2.35. The molecule has 1 aliphatic rings. The number of aromatic hydroxyl groups is 1. The maximum absolute atomic E-state index is 9.73. The summed E-state index contributed by atoms with van der Waals surface area (Å²) in [5.41, 5.74) is 7.88. The third kappa shape index (κ3) is 2.03. The van der Waals surface area contributed by atoms with E-state index in [0.29, 0.717) is 5.69 Å². The Bertz CT molecular complexity index is 543. The lowest BCUT2D eigenvalue weighted by Gasteiger charge is -2.05. The Balaban J connectivity index is 1.87. The van der Waals surface area contributed by atoms with Gasteiger partial charge in [0.1, 0.15) is 11.4 Å². The molecule has 0 radical (unpaired) electrons. The standard InChI is InChI=1S/C13H15N3O/c14-13(5-6-13)7-10-8-15-16(9-10)11-3-1-2-4-12(11)17/h1-4,8-9,17H,5-7,14H2. The normalized spacial score (nSPS) is 17.0. The number of nitrogens with two attached hydrogens (primary N) is 1. The molecule has 0 aliphatic heterocycles. The third-order valence-electron chi connectivity index (χ3n) is 3.21. The molecule has 0 atom stereocenters. The summed E-state index contributed by atoms with van der Waals surface area (Å²) in [5, 5.41) is 14.0. The summed E-state index contributed by atoms with van der Waals surface area (Å²) in [4.78, 5) is 0. The highest BCUT2D eigenvalue weighted by atomic mass is 16.3. The van der Waals surface area contributed by atoms with Gasteiger partial charge in [-0.2, -0.15) is 5.10 Å². The van der Waals surface area contributed by atoms with Crippen molar-refractivity contribution in [3.63, 3.8) is 0 Å². The molecule has 0 bridgehead atoms. The van der Waals surface area contributed by atoms with Crippen molar-refractivity contribution in [1.29, 1.82) is 0 Å². The Labute approximate surface area is 99.7 Å². The number of hydrogen-bond donors (Lipinski definition) is 2. The average molecular weight is 229 g/mol. The van der Waals surface area contributed by atoms with Gasteiger partial charge in [-0.1, -0.05) is 12.1 Å². The predicted octanol–water partition coefficient (Wildman–Crippen LogP) is 1.61. The van der Waals surface area contributed by atoms with Crippen LogP contribution in [0.15, 0.2) is 36.7 Å². The lowest BCUT2D eigenvalue weighted by molar-refractivity contribution is 0.470. The van der Waals surface area contributed by atoms with Crippen LogP contribution in [-0.2, 0) is 6.42 Å². The first-order chi connectivity index (χ1) is 8.16. The molecule has 0 spiro atoms.